The summed E-state index contributed by atoms with van der Waals surface area (Å²) in [5.74, 6) is 0.847. The first-order valence-electron chi connectivity index (χ1n) is 4.98. The number of nitrogens with one attached hydrogen (secondary N) is 1. The molecule has 0 atom stereocenters. The van der Waals surface area contributed by atoms with Crippen molar-refractivity contribution in [2.75, 3.05) is 6.79 Å². The fourth-order valence-corrected chi connectivity index (χ4v) is 1.71. The second-order valence-corrected chi connectivity index (χ2v) is 4.23. The number of fused-ring (bicyclic) bond motifs is 1. The van der Waals surface area contributed by atoms with Gasteiger partial charge in [-0.1, -0.05) is 11.6 Å². The largest absolute Gasteiger partial charge is 0.454 e. The van der Waals surface area contributed by atoms with Gasteiger partial charge in [-0.25, -0.2) is 0 Å². The summed E-state index contributed by atoms with van der Waals surface area (Å²) in [6, 6.07) is 3.29. The summed E-state index contributed by atoms with van der Waals surface area (Å²) < 4.78 is 10.3. The minimum absolute atomic E-state index is 0.0803. The van der Waals surface area contributed by atoms with Crippen LogP contribution in [-0.4, -0.2) is 18.7 Å². The number of halogens is 1. The summed E-state index contributed by atoms with van der Waals surface area (Å²) in [4.78, 5) is 11.7. The van der Waals surface area contributed by atoms with Crippen LogP contribution >= 0.6 is 11.6 Å². The molecule has 1 aliphatic heterocycles. The molecule has 1 aromatic carbocycles. The Bertz CT molecular complexity index is 431. The van der Waals surface area contributed by atoms with Crippen LogP contribution in [0.2, 0.25) is 5.02 Å². The van der Waals surface area contributed by atoms with Crippen LogP contribution < -0.4 is 14.8 Å². The first kappa shape index (κ1) is 11.1. The molecule has 0 spiro atoms. The van der Waals surface area contributed by atoms with Gasteiger partial charge in [-0.3, -0.25) is 4.79 Å². The van der Waals surface area contributed by atoms with Gasteiger partial charge < -0.3 is 14.8 Å². The average Bonchev–Trinajstić information content (AvgIpc) is 2.64. The van der Waals surface area contributed by atoms with Gasteiger partial charge in [-0.15, -0.1) is 0 Å². The van der Waals surface area contributed by atoms with Crippen molar-refractivity contribution >= 4 is 17.5 Å². The number of carbonyl (C=O) groups is 1. The zero-order valence-electron chi connectivity index (χ0n) is 9.04. The molecule has 0 fully saturated rings. The zero-order valence-corrected chi connectivity index (χ0v) is 9.80. The number of ether oxygens (including phenoxy) is 2. The van der Waals surface area contributed by atoms with Crippen molar-refractivity contribution in [1.29, 1.82) is 0 Å². The lowest BCUT2D eigenvalue weighted by molar-refractivity contribution is 0.0942. The second-order valence-electron chi connectivity index (χ2n) is 3.82. The van der Waals surface area contributed by atoms with Crippen molar-refractivity contribution in [3.8, 4) is 11.5 Å². The van der Waals surface area contributed by atoms with Crippen LogP contribution in [0, 0.1) is 0 Å². The predicted molar refractivity (Wildman–Crippen MR) is 60.2 cm³/mol. The van der Waals surface area contributed by atoms with Crippen LogP contribution in [0.5, 0.6) is 11.5 Å². The lowest BCUT2D eigenvalue weighted by atomic mass is 10.2. The van der Waals surface area contributed by atoms with E-state index in [2.05, 4.69) is 5.32 Å². The Balaban J connectivity index is 2.30. The highest BCUT2D eigenvalue weighted by Crippen LogP contribution is 2.39. The second kappa shape index (κ2) is 4.22. The van der Waals surface area contributed by atoms with Crippen LogP contribution in [0.15, 0.2) is 12.1 Å². The monoisotopic (exact) mass is 241 g/mol. The molecule has 1 N–H and O–H groups in total. The number of hydrogen-bond donors (Lipinski definition) is 1. The molecule has 16 heavy (non-hydrogen) atoms. The molecule has 4 nitrogen and oxygen atoms in total. The van der Waals surface area contributed by atoms with Crippen molar-refractivity contribution in [3.05, 3.63) is 22.7 Å². The molecule has 1 heterocycles. The average molecular weight is 242 g/mol. The maximum absolute atomic E-state index is 11.7. The van der Waals surface area contributed by atoms with E-state index in [0.717, 1.165) is 0 Å². The van der Waals surface area contributed by atoms with Crippen molar-refractivity contribution in [2.24, 2.45) is 0 Å². The quantitative estimate of drug-likeness (QED) is 0.864. The van der Waals surface area contributed by atoms with E-state index in [1.807, 2.05) is 13.8 Å². The van der Waals surface area contributed by atoms with E-state index >= 15 is 0 Å². The van der Waals surface area contributed by atoms with E-state index in [-0.39, 0.29) is 18.7 Å². The van der Waals surface area contributed by atoms with Crippen LogP contribution in [0.3, 0.4) is 0 Å². The number of rotatable bonds is 2. The predicted octanol–water partition coefficient (Wildman–Crippen LogP) is 2.21. The van der Waals surface area contributed by atoms with Crippen LogP contribution in [0.4, 0.5) is 0 Å². The Labute approximate surface area is 98.5 Å². The highest BCUT2D eigenvalue weighted by molar-refractivity contribution is 6.32. The molecular formula is C11H12ClNO3. The van der Waals surface area contributed by atoms with Gasteiger partial charge in [-0.2, -0.15) is 0 Å². The minimum atomic E-state index is -0.171. The summed E-state index contributed by atoms with van der Waals surface area (Å²) in [5.41, 5.74) is 0.475. The number of hydrogen-bond acceptors (Lipinski definition) is 3. The third kappa shape index (κ3) is 2.07. The summed E-state index contributed by atoms with van der Waals surface area (Å²) in [7, 11) is 0. The standard InChI is InChI=1S/C11H12ClNO3/c1-6(2)13-11(14)7-3-8(12)10-9(4-7)15-5-16-10/h3-4,6H,5H2,1-2H3,(H,13,14). The Kier molecular flexibility index (Phi) is 2.92. The molecule has 0 aliphatic carbocycles. The molecule has 0 saturated carbocycles. The number of carbonyl (C=O) groups excluding carboxylic acids is 1. The first-order valence-corrected chi connectivity index (χ1v) is 5.35. The highest BCUT2D eigenvalue weighted by Gasteiger charge is 2.20. The van der Waals surface area contributed by atoms with Crippen molar-refractivity contribution in [2.45, 2.75) is 19.9 Å². The number of amides is 1. The van der Waals surface area contributed by atoms with Gasteiger partial charge in [0.25, 0.3) is 5.91 Å². The molecule has 1 aromatic rings. The Hall–Kier alpha value is -1.42. The van der Waals surface area contributed by atoms with E-state index < -0.39 is 0 Å². The van der Waals surface area contributed by atoms with E-state index in [4.69, 9.17) is 21.1 Å². The molecule has 0 unspecified atom stereocenters. The molecule has 1 aliphatic rings. The Morgan fingerprint density at radius 2 is 2.19 bits per heavy atom. The lowest BCUT2D eigenvalue weighted by Gasteiger charge is -2.09. The van der Waals surface area contributed by atoms with Crippen LogP contribution in [0.1, 0.15) is 24.2 Å². The fraction of sp³-hybridized carbons (Fsp3) is 0.364. The van der Waals surface area contributed by atoms with Crippen LogP contribution in [-0.2, 0) is 0 Å². The number of benzene rings is 1. The Morgan fingerprint density at radius 1 is 1.44 bits per heavy atom. The minimum Gasteiger partial charge on any atom is -0.454 e. The van der Waals surface area contributed by atoms with Gasteiger partial charge >= 0.3 is 0 Å². The summed E-state index contributed by atoms with van der Waals surface area (Å²) in [6.45, 7) is 3.93. The maximum Gasteiger partial charge on any atom is 0.251 e. The van der Waals surface area contributed by atoms with E-state index in [0.29, 0.717) is 22.1 Å². The molecule has 1 amide bonds. The summed E-state index contributed by atoms with van der Waals surface area (Å²) >= 11 is 5.97. The van der Waals surface area contributed by atoms with E-state index in [9.17, 15) is 4.79 Å². The molecule has 0 saturated heterocycles. The van der Waals surface area contributed by atoms with Gasteiger partial charge in [0.1, 0.15) is 0 Å². The topological polar surface area (TPSA) is 47.6 Å². The first-order chi connectivity index (χ1) is 7.58. The highest BCUT2D eigenvalue weighted by atomic mass is 35.5. The third-order valence-corrected chi connectivity index (χ3v) is 2.39. The van der Waals surface area contributed by atoms with Crippen molar-refractivity contribution in [1.82, 2.24) is 5.32 Å². The molecule has 2 rings (SSSR count). The molecule has 5 heteroatoms. The molecular weight excluding hydrogens is 230 g/mol. The lowest BCUT2D eigenvalue weighted by Crippen LogP contribution is -2.30. The van der Waals surface area contributed by atoms with Crippen molar-refractivity contribution < 1.29 is 14.3 Å². The Morgan fingerprint density at radius 3 is 2.88 bits per heavy atom. The normalized spacial score (nSPS) is 13.0. The molecule has 0 radical (unpaired) electrons. The summed E-state index contributed by atoms with van der Waals surface area (Å²) in [6.07, 6.45) is 0. The van der Waals surface area contributed by atoms with Gasteiger partial charge in [-0.05, 0) is 26.0 Å². The fourth-order valence-electron chi connectivity index (χ4n) is 1.44. The molecule has 0 aromatic heterocycles. The van der Waals surface area contributed by atoms with Crippen molar-refractivity contribution in [3.63, 3.8) is 0 Å². The zero-order chi connectivity index (χ0) is 11.7. The van der Waals surface area contributed by atoms with E-state index in [1.165, 1.54) is 0 Å². The molecule has 0 bridgehead atoms. The summed E-state index contributed by atoms with van der Waals surface area (Å²) in [5, 5.41) is 3.18. The SMILES string of the molecule is CC(C)NC(=O)c1cc(Cl)c2c(c1)OCO2. The van der Waals surface area contributed by atoms with Gasteiger partial charge in [0.2, 0.25) is 6.79 Å². The third-order valence-electron chi connectivity index (χ3n) is 2.11. The van der Waals surface area contributed by atoms with Gasteiger partial charge in [0.05, 0.1) is 5.02 Å². The van der Waals surface area contributed by atoms with Gasteiger partial charge in [0, 0.05) is 11.6 Å². The maximum atomic E-state index is 11.7. The smallest absolute Gasteiger partial charge is 0.251 e. The molecule has 86 valence electrons. The van der Waals surface area contributed by atoms with Crippen LogP contribution in [0.25, 0.3) is 0 Å². The van der Waals surface area contributed by atoms with E-state index in [1.54, 1.807) is 12.1 Å². The van der Waals surface area contributed by atoms with Gasteiger partial charge in [0.15, 0.2) is 11.5 Å².